The van der Waals surface area contributed by atoms with Gasteiger partial charge in [-0.2, -0.15) is 0 Å². The molecular weight excluding hydrogens is 154 g/mol. The third kappa shape index (κ3) is 1.44. The molecule has 0 radical (unpaired) electrons. The molecule has 0 fully saturated rings. The molecule has 0 aliphatic carbocycles. The monoisotopic (exact) mass is 167 g/mol. The lowest BCUT2D eigenvalue weighted by molar-refractivity contribution is 0.373. The molecule has 0 aromatic heterocycles. The Kier molecular flexibility index (Phi) is 2.43. The van der Waals surface area contributed by atoms with E-state index in [1.54, 1.807) is 12.1 Å². The van der Waals surface area contributed by atoms with Crippen LogP contribution in [0, 0.1) is 0 Å². The van der Waals surface area contributed by atoms with Gasteiger partial charge in [-0.15, -0.1) is 0 Å². The summed E-state index contributed by atoms with van der Waals surface area (Å²) >= 11 is 0. The minimum absolute atomic E-state index is 0.142. The average molecular weight is 167 g/mol. The molecule has 12 heavy (non-hydrogen) atoms. The number of aromatic hydroxyl groups is 1. The van der Waals surface area contributed by atoms with Gasteiger partial charge < -0.3 is 15.6 Å². The number of phenolic OH excluding ortho intramolecular Hbond substituents is 1. The number of aryl methyl sites for hydroxylation is 1. The van der Waals surface area contributed by atoms with Crippen LogP contribution in [-0.2, 0) is 6.42 Å². The first kappa shape index (κ1) is 8.71. The van der Waals surface area contributed by atoms with Crippen molar-refractivity contribution >= 4 is 5.69 Å². The summed E-state index contributed by atoms with van der Waals surface area (Å²) < 4.78 is 4.90. The lowest BCUT2D eigenvalue weighted by Crippen LogP contribution is -1.94. The number of rotatable bonds is 2. The maximum Gasteiger partial charge on any atom is 0.162 e. The van der Waals surface area contributed by atoms with Gasteiger partial charge in [-0.1, -0.05) is 6.92 Å². The van der Waals surface area contributed by atoms with Crippen molar-refractivity contribution in [1.29, 1.82) is 0 Å². The maximum absolute atomic E-state index is 9.37. The van der Waals surface area contributed by atoms with E-state index in [0.717, 1.165) is 12.0 Å². The maximum atomic E-state index is 9.37. The first-order chi connectivity index (χ1) is 5.69. The summed E-state index contributed by atoms with van der Waals surface area (Å²) in [6.45, 7) is 1.98. The van der Waals surface area contributed by atoms with Crippen molar-refractivity contribution in [2.45, 2.75) is 13.3 Å². The van der Waals surface area contributed by atoms with Crippen LogP contribution in [-0.4, -0.2) is 12.2 Å². The number of anilines is 1. The third-order valence-corrected chi connectivity index (χ3v) is 1.82. The summed E-state index contributed by atoms with van der Waals surface area (Å²) in [6, 6.07) is 3.27. The second kappa shape index (κ2) is 3.34. The predicted octanol–water partition coefficient (Wildman–Crippen LogP) is 1.55. The second-order valence-corrected chi connectivity index (χ2v) is 2.58. The average Bonchev–Trinajstić information content (AvgIpc) is 2.08. The van der Waals surface area contributed by atoms with E-state index < -0.39 is 0 Å². The molecule has 3 N–H and O–H groups in total. The number of phenols is 1. The Labute approximate surface area is 71.8 Å². The van der Waals surface area contributed by atoms with Crippen molar-refractivity contribution in [3.63, 3.8) is 0 Å². The van der Waals surface area contributed by atoms with Crippen molar-refractivity contribution in [3.8, 4) is 11.5 Å². The fourth-order valence-electron chi connectivity index (χ4n) is 1.10. The molecule has 1 aromatic carbocycles. The molecule has 0 atom stereocenters. The lowest BCUT2D eigenvalue weighted by atomic mass is 10.1. The quantitative estimate of drug-likeness (QED) is 0.519. The van der Waals surface area contributed by atoms with Gasteiger partial charge in [-0.05, 0) is 18.1 Å². The summed E-state index contributed by atoms with van der Waals surface area (Å²) in [5, 5.41) is 9.37. The van der Waals surface area contributed by atoms with Gasteiger partial charge >= 0.3 is 0 Å². The van der Waals surface area contributed by atoms with Crippen LogP contribution in [0.3, 0.4) is 0 Å². The van der Waals surface area contributed by atoms with Gasteiger partial charge in [0.05, 0.1) is 7.11 Å². The molecule has 0 saturated heterocycles. The van der Waals surface area contributed by atoms with E-state index in [1.165, 1.54) is 7.11 Å². The molecule has 3 heteroatoms. The van der Waals surface area contributed by atoms with Crippen LogP contribution in [0.15, 0.2) is 12.1 Å². The summed E-state index contributed by atoms with van der Waals surface area (Å²) in [4.78, 5) is 0. The Hall–Kier alpha value is -1.38. The highest BCUT2D eigenvalue weighted by Gasteiger charge is 2.05. The zero-order valence-corrected chi connectivity index (χ0v) is 7.29. The highest BCUT2D eigenvalue weighted by Crippen LogP contribution is 2.30. The molecule has 0 unspecified atom stereocenters. The van der Waals surface area contributed by atoms with Gasteiger partial charge in [-0.3, -0.25) is 0 Å². The molecule has 0 saturated carbocycles. The highest BCUT2D eigenvalue weighted by molar-refractivity contribution is 5.57. The molecule has 0 heterocycles. The molecule has 1 rings (SSSR count). The Morgan fingerprint density at radius 1 is 1.50 bits per heavy atom. The van der Waals surface area contributed by atoms with Crippen LogP contribution >= 0.6 is 0 Å². The molecule has 0 aliphatic rings. The van der Waals surface area contributed by atoms with Crippen LogP contribution in [0.4, 0.5) is 5.69 Å². The number of hydrogen-bond donors (Lipinski definition) is 2. The summed E-state index contributed by atoms with van der Waals surface area (Å²) in [5.74, 6) is 0.563. The van der Waals surface area contributed by atoms with Crippen LogP contribution in [0.1, 0.15) is 12.5 Å². The van der Waals surface area contributed by atoms with Crippen molar-refractivity contribution in [2.75, 3.05) is 12.8 Å². The normalized spacial score (nSPS) is 9.83. The molecule has 3 nitrogen and oxygen atoms in total. The fraction of sp³-hybridized carbons (Fsp3) is 0.333. The largest absolute Gasteiger partial charge is 0.504 e. The molecule has 0 aliphatic heterocycles. The second-order valence-electron chi connectivity index (χ2n) is 2.58. The van der Waals surface area contributed by atoms with E-state index in [-0.39, 0.29) is 5.75 Å². The number of nitrogens with two attached hydrogens (primary N) is 1. The number of hydrogen-bond acceptors (Lipinski definition) is 3. The molecular formula is C9H13NO2. The van der Waals surface area contributed by atoms with E-state index >= 15 is 0 Å². The Morgan fingerprint density at radius 3 is 2.67 bits per heavy atom. The molecule has 0 amide bonds. The van der Waals surface area contributed by atoms with Crippen molar-refractivity contribution < 1.29 is 9.84 Å². The van der Waals surface area contributed by atoms with Crippen LogP contribution in [0.2, 0.25) is 0 Å². The molecule has 66 valence electrons. The van der Waals surface area contributed by atoms with E-state index in [4.69, 9.17) is 10.5 Å². The fourth-order valence-corrected chi connectivity index (χ4v) is 1.10. The molecule has 1 aromatic rings. The van der Waals surface area contributed by atoms with Crippen LogP contribution < -0.4 is 10.5 Å². The first-order valence-electron chi connectivity index (χ1n) is 3.84. The van der Waals surface area contributed by atoms with E-state index in [1.807, 2.05) is 6.92 Å². The molecule has 0 spiro atoms. The van der Waals surface area contributed by atoms with Crippen LogP contribution in [0.25, 0.3) is 0 Å². The highest BCUT2D eigenvalue weighted by atomic mass is 16.5. The number of nitrogen functional groups attached to an aromatic ring is 1. The topological polar surface area (TPSA) is 55.5 Å². The van der Waals surface area contributed by atoms with Crippen molar-refractivity contribution in [2.24, 2.45) is 0 Å². The van der Waals surface area contributed by atoms with E-state index in [0.29, 0.717) is 11.4 Å². The SMILES string of the molecule is CCc1cc(O)c(OC)cc1N. The number of methoxy groups -OCH3 is 1. The summed E-state index contributed by atoms with van der Waals surface area (Å²) in [6.07, 6.45) is 0.809. The van der Waals surface area contributed by atoms with Gasteiger partial charge in [0.15, 0.2) is 11.5 Å². The van der Waals surface area contributed by atoms with Crippen molar-refractivity contribution in [3.05, 3.63) is 17.7 Å². The number of ether oxygens (including phenoxy) is 1. The summed E-state index contributed by atoms with van der Waals surface area (Å²) in [7, 11) is 1.50. The van der Waals surface area contributed by atoms with Crippen LogP contribution in [0.5, 0.6) is 11.5 Å². The Morgan fingerprint density at radius 2 is 2.17 bits per heavy atom. The lowest BCUT2D eigenvalue weighted by Gasteiger charge is -2.07. The zero-order valence-electron chi connectivity index (χ0n) is 7.29. The van der Waals surface area contributed by atoms with Gasteiger partial charge in [0.1, 0.15) is 0 Å². The third-order valence-electron chi connectivity index (χ3n) is 1.82. The van der Waals surface area contributed by atoms with Gasteiger partial charge in [0.25, 0.3) is 0 Å². The van der Waals surface area contributed by atoms with E-state index in [2.05, 4.69) is 0 Å². The first-order valence-corrected chi connectivity index (χ1v) is 3.84. The van der Waals surface area contributed by atoms with Crippen molar-refractivity contribution in [1.82, 2.24) is 0 Å². The minimum Gasteiger partial charge on any atom is -0.504 e. The zero-order chi connectivity index (χ0) is 9.14. The van der Waals surface area contributed by atoms with Gasteiger partial charge in [0.2, 0.25) is 0 Å². The Balaban J connectivity index is 3.16. The minimum atomic E-state index is 0.142. The number of benzene rings is 1. The van der Waals surface area contributed by atoms with E-state index in [9.17, 15) is 5.11 Å². The predicted molar refractivity (Wildman–Crippen MR) is 48.4 cm³/mol. The Bertz CT molecular complexity index is 254. The van der Waals surface area contributed by atoms with Gasteiger partial charge in [0, 0.05) is 11.8 Å². The molecule has 0 bridgehead atoms. The standard InChI is InChI=1S/C9H13NO2/c1-3-6-4-8(11)9(12-2)5-7(6)10/h4-5,11H,3,10H2,1-2H3. The smallest absolute Gasteiger partial charge is 0.162 e. The summed E-state index contributed by atoms with van der Waals surface area (Å²) in [5.41, 5.74) is 7.28. The van der Waals surface area contributed by atoms with Gasteiger partial charge in [-0.25, -0.2) is 0 Å².